The SMILES string of the molecule is CCNC(=NCC(=O)Nc1cccc(F)c1)NCC(C)c1cccs1.I. The van der Waals surface area contributed by atoms with Gasteiger partial charge >= 0.3 is 0 Å². The lowest BCUT2D eigenvalue weighted by Gasteiger charge is -2.15. The number of amides is 1. The van der Waals surface area contributed by atoms with Gasteiger partial charge in [0.05, 0.1) is 0 Å². The van der Waals surface area contributed by atoms with Crippen molar-refractivity contribution in [2.24, 2.45) is 4.99 Å². The summed E-state index contributed by atoms with van der Waals surface area (Å²) >= 11 is 1.72. The maximum absolute atomic E-state index is 13.1. The summed E-state index contributed by atoms with van der Waals surface area (Å²) in [5, 5.41) is 11.0. The topological polar surface area (TPSA) is 65.5 Å². The molecule has 0 fully saturated rings. The van der Waals surface area contributed by atoms with E-state index < -0.39 is 0 Å². The maximum atomic E-state index is 13.1. The highest BCUT2D eigenvalue weighted by molar-refractivity contribution is 14.0. The summed E-state index contributed by atoms with van der Waals surface area (Å²) in [5.41, 5.74) is 0.421. The Morgan fingerprint density at radius 3 is 2.73 bits per heavy atom. The molecule has 142 valence electrons. The Labute approximate surface area is 174 Å². The highest BCUT2D eigenvalue weighted by Crippen LogP contribution is 2.19. The number of halogens is 2. The molecule has 3 N–H and O–H groups in total. The Kier molecular flexibility index (Phi) is 10.2. The summed E-state index contributed by atoms with van der Waals surface area (Å²) < 4.78 is 13.1. The van der Waals surface area contributed by atoms with Crippen LogP contribution in [0.15, 0.2) is 46.8 Å². The van der Waals surface area contributed by atoms with E-state index in [9.17, 15) is 9.18 Å². The molecule has 1 unspecified atom stereocenters. The van der Waals surface area contributed by atoms with Crippen molar-refractivity contribution >= 4 is 52.9 Å². The van der Waals surface area contributed by atoms with Gasteiger partial charge in [0.2, 0.25) is 5.91 Å². The van der Waals surface area contributed by atoms with Gasteiger partial charge in [-0.2, -0.15) is 0 Å². The minimum absolute atomic E-state index is 0. The van der Waals surface area contributed by atoms with Crippen molar-refractivity contribution in [3.8, 4) is 0 Å². The zero-order valence-corrected chi connectivity index (χ0v) is 17.9. The summed E-state index contributed by atoms with van der Waals surface area (Å²) in [6.45, 7) is 5.48. The Morgan fingerprint density at radius 2 is 2.08 bits per heavy atom. The molecule has 0 aliphatic rings. The lowest BCUT2D eigenvalue weighted by atomic mass is 10.1. The van der Waals surface area contributed by atoms with Crippen LogP contribution in [0.3, 0.4) is 0 Å². The molecule has 8 heteroatoms. The molecule has 2 aromatic rings. The molecular formula is C18H24FIN4OS. The first-order valence-electron chi connectivity index (χ1n) is 8.19. The number of hydrogen-bond acceptors (Lipinski definition) is 3. The van der Waals surface area contributed by atoms with Gasteiger partial charge in [-0.15, -0.1) is 35.3 Å². The van der Waals surface area contributed by atoms with Gasteiger partial charge < -0.3 is 16.0 Å². The number of nitrogens with one attached hydrogen (secondary N) is 3. The van der Waals surface area contributed by atoms with Crippen LogP contribution in [0, 0.1) is 5.82 Å². The van der Waals surface area contributed by atoms with E-state index in [1.807, 2.05) is 13.0 Å². The Morgan fingerprint density at radius 1 is 1.27 bits per heavy atom. The minimum Gasteiger partial charge on any atom is -0.357 e. The van der Waals surface area contributed by atoms with E-state index in [1.54, 1.807) is 23.5 Å². The highest BCUT2D eigenvalue weighted by atomic mass is 127. The number of hydrogen-bond donors (Lipinski definition) is 3. The summed E-state index contributed by atoms with van der Waals surface area (Å²) in [4.78, 5) is 17.5. The highest BCUT2D eigenvalue weighted by Gasteiger charge is 2.08. The summed E-state index contributed by atoms with van der Waals surface area (Å²) in [6.07, 6.45) is 0. The maximum Gasteiger partial charge on any atom is 0.246 e. The fourth-order valence-corrected chi connectivity index (χ4v) is 2.97. The molecule has 0 aliphatic carbocycles. The number of aliphatic imine (C=N–C) groups is 1. The summed E-state index contributed by atoms with van der Waals surface area (Å²) in [6, 6.07) is 9.92. The van der Waals surface area contributed by atoms with Crippen LogP contribution in [-0.4, -0.2) is 31.5 Å². The van der Waals surface area contributed by atoms with E-state index in [2.05, 4.69) is 39.3 Å². The second-order valence-electron chi connectivity index (χ2n) is 5.55. The molecule has 1 aromatic carbocycles. The van der Waals surface area contributed by atoms with Gasteiger partial charge in [0, 0.05) is 29.6 Å². The molecule has 0 saturated carbocycles. The smallest absolute Gasteiger partial charge is 0.246 e. The monoisotopic (exact) mass is 490 g/mol. The predicted octanol–water partition coefficient (Wildman–Crippen LogP) is 3.80. The van der Waals surface area contributed by atoms with E-state index in [1.165, 1.54) is 17.0 Å². The van der Waals surface area contributed by atoms with Crippen molar-refractivity contribution in [3.05, 3.63) is 52.5 Å². The number of anilines is 1. The number of nitrogens with zero attached hydrogens (tertiary/aromatic N) is 1. The number of guanidine groups is 1. The standard InChI is InChI=1S/C18H23FN4OS.HI/c1-3-20-18(21-11-13(2)16-8-5-9-25-16)22-12-17(24)23-15-7-4-6-14(19)10-15;/h4-10,13H,3,11-12H2,1-2H3,(H,23,24)(H2,20,21,22);1H. The van der Waals surface area contributed by atoms with Crippen molar-refractivity contribution < 1.29 is 9.18 Å². The van der Waals surface area contributed by atoms with Gasteiger partial charge in [0.15, 0.2) is 5.96 Å². The average Bonchev–Trinajstić information content (AvgIpc) is 3.12. The molecule has 0 bridgehead atoms. The number of benzene rings is 1. The molecule has 26 heavy (non-hydrogen) atoms. The van der Waals surface area contributed by atoms with Gasteiger partial charge in [-0.25, -0.2) is 9.38 Å². The summed E-state index contributed by atoms with van der Waals surface area (Å²) in [7, 11) is 0. The second kappa shape index (κ2) is 11.8. The lowest BCUT2D eigenvalue weighted by Crippen LogP contribution is -2.39. The van der Waals surface area contributed by atoms with Crippen molar-refractivity contribution in [2.75, 3.05) is 25.0 Å². The molecule has 0 aliphatic heterocycles. The van der Waals surface area contributed by atoms with Crippen LogP contribution in [-0.2, 0) is 4.79 Å². The number of thiophene rings is 1. The van der Waals surface area contributed by atoms with Crippen LogP contribution >= 0.6 is 35.3 Å². The van der Waals surface area contributed by atoms with Crippen LogP contribution in [0.2, 0.25) is 0 Å². The molecule has 1 aromatic heterocycles. The van der Waals surface area contributed by atoms with Gasteiger partial charge in [0.25, 0.3) is 0 Å². The average molecular weight is 490 g/mol. The Balaban J connectivity index is 0.00000338. The van der Waals surface area contributed by atoms with Gasteiger partial charge in [0.1, 0.15) is 12.4 Å². The molecule has 1 atom stereocenters. The van der Waals surface area contributed by atoms with Gasteiger partial charge in [-0.05, 0) is 36.6 Å². The van der Waals surface area contributed by atoms with Crippen LogP contribution in [0.25, 0.3) is 0 Å². The quantitative estimate of drug-likeness (QED) is 0.314. The van der Waals surface area contributed by atoms with E-state index in [0.29, 0.717) is 24.1 Å². The number of rotatable bonds is 7. The van der Waals surface area contributed by atoms with Crippen molar-refractivity contribution in [3.63, 3.8) is 0 Å². The molecule has 1 amide bonds. The predicted molar refractivity (Wildman–Crippen MR) is 117 cm³/mol. The van der Waals surface area contributed by atoms with E-state index in [0.717, 1.165) is 6.54 Å². The largest absolute Gasteiger partial charge is 0.357 e. The zero-order chi connectivity index (χ0) is 18.1. The third-order valence-electron chi connectivity index (χ3n) is 3.44. The molecular weight excluding hydrogens is 466 g/mol. The first-order chi connectivity index (χ1) is 12.1. The van der Waals surface area contributed by atoms with E-state index in [4.69, 9.17) is 0 Å². The summed E-state index contributed by atoms with van der Waals surface area (Å²) in [5.74, 6) is 0.248. The fraction of sp³-hybridized carbons (Fsp3) is 0.333. The molecule has 0 saturated heterocycles. The zero-order valence-electron chi connectivity index (χ0n) is 14.8. The van der Waals surface area contributed by atoms with Crippen LogP contribution in [0.1, 0.15) is 24.6 Å². The van der Waals surface area contributed by atoms with E-state index in [-0.39, 0.29) is 42.2 Å². The lowest BCUT2D eigenvalue weighted by molar-refractivity contribution is -0.114. The number of carbonyl (C=O) groups excluding carboxylic acids is 1. The van der Waals surface area contributed by atoms with E-state index >= 15 is 0 Å². The van der Waals surface area contributed by atoms with Gasteiger partial charge in [-0.1, -0.05) is 19.1 Å². The molecule has 0 radical (unpaired) electrons. The van der Waals surface area contributed by atoms with Crippen LogP contribution < -0.4 is 16.0 Å². The normalized spacial score (nSPS) is 12.0. The molecule has 5 nitrogen and oxygen atoms in total. The third kappa shape index (κ3) is 7.69. The first kappa shape index (κ1) is 22.4. The molecule has 0 spiro atoms. The van der Waals surface area contributed by atoms with Crippen LogP contribution in [0.5, 0.6) is 0 Å². The number of carbonyl (C=O) groups is 1. The van der Waals surface area contributed by atoms with Crippen molar-refractivity contribution in [2.45, 2.75) is 19.8 Å². The third-order valence-corrected chi connectivity index (χ3v) is 4.54. The van der Waals surface area contributed by atoms with Crippen molar-refractivity contribution in [1.82, 2.24) is 10.6 Å². The molecule has 1 heterocycles. The Hall–Kier alpha value is -1.68. The van der Waals surface area contributed by atoms with Gasteiger partial charge in [-0.3, -0.25) is 4.79 Å². The first-order valence-corrected chi connectivity index (χ1v) is 9.07. The fourth-order valence-electron chi connectivity index (χ4n) is 2.18. The van der Waals surface area contributed by atoms with Crippen LogP contribution in [0.4, 0.5) is 10.1 Å². The molecule has 2 rings (SSSR count). The minimum atomic E-state index is -0.390. The van der Waals surface area contributed by atoms with Crippen molar-refractivity contribution in [1.29, 1.82) is 0 Å². The Bertz CT molecular complexity index is 709. The second-order valence-corrected chi connectivity index (χ2v) is 6.53.